The first-order valence-electron chi connectivity index (χ1n) is 19.3. The van der Waals surface area contributed by atoms with Crippen molar-refractivity contribution in [2.24, 2.45) is 5.41 Å². The first-order valence-corrected chi connectivity index (χ1v) is 19.3. The highest BCUT2D eigenvalue weighted by Crippen LogP contribution is 2.32. The topological polar surface area (TPSA) is 18.5 Å². The first kappa shape index (κ1) is 42.8. The Kier molecular flexibility index (Phi) is 28.0. The van der Waals surface area contributed by atoms with E-state index >= 15 is 0 Å². The van der Waals surface area contributed by atoms with Crippen molar-refractivity contribution in [1.82, 2.24) is 0 Å². The van der Waals surface area contributed by atoms with Gasteiger partial charge in [0, 0.05) is 18.6 Å². The van der Waals surface area contributed by atoms with E-state index in [1.54, 1.807) is 0 Å². The minimum Gasteiger partial charge on any atom is -0.381 e. The lowest BCUT2D eigenvalue weighted by atomic mass is 9.80. The van der Waals surface area contributed by atoms with E-state index in [4.69, 9.17) is 9.47 Å². The summed E-state index contributed by atoms with van der Waals surface area (Å²) in [5.74, 6) is 0. The van der Waals surface area contributed by atoms with E-state index in [0.717, 1.165) is 35.4 Å². The molecule has 0 saturated carbocycles. The summed E-state index contributed by atoms with van der Waals surface area (Å²) in [5.41, 5.74) is 0.154. The second-order valence-electron chi connectivity index (χ2n) is 16.2. The van der Waals surface area contributed by atoms with Crippen LogP contribution in [0.4, 0.5) is 0 Å². The third-order valence-corrected chi connectivity index (χ3v) is 9.17. The second-order valence-corrected chi connectivity index (χ2v) is 16.2. The molecule has 0 aromatic heterocycles. The lowest BCUT2D eigenvalue weighted by Gasteiger charge is -2.36. The Balaban J connectivity index is 4.66. The van der Waals surface area contributed by atoms with Crippen LogP contribution in [-0.4, -0.2) is 90.8 Å². The summed E-state index contributed by atoms with van der Waals surface area (Å²) in [4.78, 5) is 0. The van der Waals surface area contributed by atoms with Crippen LogP contribution in [0.2, 0.25) is 0 Å². The molecule has 0 fully saturated rings. The van der Waals surface area contributed by atoms with Gasteiger partial charge in [0.05, 0.1) is 68.6 Å². The standard InChI is InChI=1S/C39H84N2O2/c1-9-11-13-15-17-19-21-23-25-27-35-42-37-39(31-29-33-40(3,4)5,32-30-34-41(6,7)8)38-43-36-28-26-24-22-20-18-16-14-12-10-2/h9-38H2,1-8H3/q+2. The van der Waals surface area contributed by atoms with Gasteiger partial charge in [-0.3, -0.25) is 0 Å². The fourth-order valence-corrected chi connectivity index (χ4v) is 6.27. The molecule has 0 atom stereocenters. The normalized spacial score (nSPS) is 12.8. The smallest absolute Gasteiger partial charge is 0.0780 e. The quantitative estimate of drug-likeness (QED) is 0.0531. The maximum absolute atomic E-state index is 6.50. The molecule has 0 radical (unpaired) electrons. The molecular weight excluding hydrogens is 528 g/mol. The summed E-state index contributed by atoms with van der Waals surface area (Å²) in [6.45, 7) is 10.6. The zero-order valence-electron chi connectivity index (χ0n) is 31.4. The third-order valence-electron chi connectivity index (χ3n) is 9.17. The van der Waals surface area contributed by atoms with Gasteiger partial charge in [-0.15, -0.1) is 0 Å². The highest BCUT2D eigenvalue weighted by molar-refractivity contribution is 4.80. The van der Waals surface area contributed by atoms with Gasteiger partial charge in [0.1, 0.15) is 0 Å². The Bertz CT molecular complexity index is 517. The number of quaternary nitrogens is 2. The number of ether oxygens (including phenoxy) is 2. The fraction of sp³-hybridized carbons (Fsp3) is 1.00. The predicted octanol–water partition coefficient (Wildman–Crippen LogP) is 10.8. The summed E-state index contributed by atoms with van der Waals surface area (Å²) in [7, 11) is 13.9. The lowest BCUT2D eigenvalue weighted by molar-refractivity contribution is -0.871. The maximum atomic E-state index is 6.50. The van der Waals surface area contributed by atoms with Crippen LogP contribution >= 0.6 is 0 Å². The Morgan fingerprint density at radius 3 is 0.930 bits per heavy atom. The zero-order chi connectivity index (χ0) is 32.1. The molecule has 0 N–H and O–H groups in total. The number of unbranched alkanes of at least 4 members (excludes halogenated alkanes) is 18. The third kappa shape index (κ3) is 31.6. The van der Waals surface area contributed by atoms with Crippen LogP contribution in [0.5, 0.6) is 0 Å². The molecule has 0 aliphatic carbocycles. The molecule has 0 bridgehead atoms. The highest BCUT2D eigenvalue weighted by atomic mass is 16.5. The molecule has 0 aliphatic rings. The molecular formula is C39H84N2O2+2. The molecule has 43 heavy (non-hydrogen) atoms. The number of hydrogen-bond donors (Lipinski definition) is 0. The highest BCUT2D eigenvalue weighted by Gasteiger charge is 2.32. The van der Waals surface area contributed by atoms with Crippen LogP contribution in [0.1, 0.15) is 168 Å². The van der Waals surface area contributed by atoms with Gasteiger partial charge in [-0.2, -0.15) is 0 Å². The average Bonchev–Trinajstić information content (AvgIpc) is 2.93. The maximum Gasteiger partial charge on any atom is 0.0780 e. The molecule has 0 amide bonds. The van der Waals surface area contributed by atoms with Crippen molar-refractivity contribution in [3.05, 3.63) is 0 Å². The van der Waals surface area contributed by atoms with Gasteiger partial charge >= 0.3 is 0 Å². The molecule has 0 aromatic rings. The number of hydrogen-bond acceptors (Lipinski definition) is 2. The van der Waals surface area contributed by atoms with Crippen LogP contribution in [0.3, 0.4) is 0 Å². The van der Waals surface area contributed by atoms with Gasteiger partial charge in [-0.05, 0) is 38.5 Å². The van der Waals surface area contributed by atoms with Gasteiger partial charge in [-0.25, -0.2) is 0 Å². The molecule has 4 heteroatoms. The van der Waals surface area contributed by atoms with Crippen molar-refractivity contribution in [2.75, 3.05) is 81.8 Å². The van der Waals surface area contributed by atoms with Gasteiger partial charge in [0.15, 0.2) is 0 Å². The molecule has 0 aromatic carbocycles. The number of nitrogens with zero attached hydrogens (tertiary/aromatic N) is 2. The largest absolute Gasteiger partial charge is 0.381 e. The Labute approximate surface area is 273 Å². The van der Waals surface area contributed by atoms with Crippen LogP contribution in [-0.2, 0) is 9.47 Å². The van der Waals surface area contributed by atoms with E-state index in [-0.39, 0.29) is 5.41 Å². The van der Waals surface area contributed by atoms with Crippen LogP contribution < -0.4 is 0 Å². The van der Waals surface area contributed by atoms with E-state index in [2.05, 4.69) is 56.1 Å². The van der Waals surface area contributed by atoms with Gasteiger partial charge in [0.25, 0.3) is 0 Å². The van der Waals surface area contributed by atoms with Crippen LogP contribution in [0, 0.1) is 5.41 Å². The Morgan fingerprint density at radius 1 is 0.372 bits per heavy atom. The van der Waals surface area contributed by atoms with Crippen LogP contribution in [0.25, 0.3) is 0 Å². The minimum absolute atomic E-state index is 0.154. The SMILES string of the molecule is CCCCCCCCCCCCOCC(CCC[N+](C)(C)C)(CCC[N+](C)(C)C)COCCCCCCCCCCCC. The first-order chi connectivity index (χ1) is 20.5. The van der Waals surface area contributed by atoms with Crippen molar-refractivity contribution in [2.45, 2.75) is 168 Å². The van der Waals surface area contributed by atoms with E-state index in [0.29, 0.717) is 0 Å². The Morgan fingerprint density at radius 2 is 0.651 bits per heavy atom. The molecule has 0 heterocycles. The van der Waals surface area contributed by atoms with Crippen LogP contribution in [0.15, 0.2) is 0 Å². The summed E-state index contributed by atoms with van der Waals surface area (Å²) < 4.78 is 15.1. The fourth-order valence-electron chi connectivity index (χ4n) is 6.27. The Hall–Kier alpha value is -0.160. The van der Waals surface area contributed by atoms with Crippen molar-refractivity contribution < 1.29 is 18.4 Å². The zero-order valence-corrected chi connectivity index (χ0v) is 31.4. The van der Waals surface area contributed by atoms with Gasteiger partial charge < -0.3 is 18.4 Å². The van der Waals surface area contributed by atoms with Crippen molar-refractivity contribution in [3.63, 3.8) is 0 Å². The van der Waals surface area contributed by atoms with Crippen molar-refractivity contribution in [3.8, 4) is 0 Å². The van der Waals surface area contributed by atoms with Crippen molar-refractivity contribution in [1.29, 1.82) is 0 Å². The molecule has 260 valence electrons. The summed E-state index contributed by atoms with van der Waals surface area (Å²) in [6.07, 6.45) is 32.5. The van der Waals surface area contributed by atoms with E-state index in [1.807, 2.05) is 0 Å². The minimum atomic E-state index is 0.154. The summed E-state index contributed by atoms with van der Waals surface area (Å²) in [5, 5.41) is 0. The number of rotatable bonds is 34. The van der Waals surface area contributed by atoms with Crippen molar-refractivity contribution >= 4 is 0 Å². The summed E-state index contributed by atoms with van der Waals surface area (Å²) in [6, 6.07) is 0. The average molecular weight is 613 g/mol. The van der Waals surface area contributed by atoms with E-state index in [1.165, 1.54) is 167 Å². The predicted molar refractivity (Wildman–Crippen MR) is 192 cm³/mol. The van der Waals surface area contributed by atoms with E-state index in [9.17, 15) is 0 Å². The molecule has 4 nitrogen and oxygen atoms in total. The van der Waals surface area contributed by atoms with E-state index < -0.39 is 0 Å². The molecule has 0 aliphatic heterocycles. The second kappa shape index (κ2) is 28.1. The molecule has 0 saturated heterocycles. The summed E-state index contributed by atoms with van der Waals surface area (Å²) >= 11 is 0. The lowest BCUT2D eigenvalue weighted by Crippen LogP contribution is -2.40. The van der Waals surface area contributed by atoms with Gasteiger partial charge in [-0.1, -0.05) is 129 Å². The monoisotopic (exact) mass is 613 g/mol. The van der Waals surface area contributed by atoms with Gasteiger partial charge in [0.2, 0.25) is 0 Å². The molecule has 0 rings (SSSR count). The molecule has 0 spiro atoms. The molecule has 0 unspecified atom stereocenters.